The molecule has 2 N–H and O–H groups in total. The average Bonchev–Trinajstić information content (AvgIpc) is 2.82. The third-order valence-electron chi connectivity index (χ3n) is 5.80. The minimum absolute atomic E-state index is 0.0871. The van der Waals surface area contributed by atoms with Crippen molar-refractivity contribution in [2.75, 3.05) is 0 Å². The molecule has 0 saturated carbocycles. The molecule has 0 aliphatic rings. The van der Waals surface area contributed by atoms with Crippen molar-refractivity contribution >= 4 is 23.9 Å². The number of carbonyl (C=O) groups is 4. The fraction of sp³-hybridized carbons (Fsp3) is 0.655. The van der Waals surface area contributed by atoms with Crippen LogP contribution in [-0.4, -0.2) is 42.1 Å². The first kappa shape index (κ1) is 33.1. The Balaban J connectivity index is 2.94. The summed E-state index contributed by atoms with van der Waals surface area (Å²) in [5.74, 6) is -1.32. The van der Waals surface area contributed by atoms with Crippen molar-refractivity contribution in [3.63, 3.8) is 0 Å². The fourth-order valence-electron chi connectivity index (χ4n) is 3.12. The lowest BCUT2D eigenvalue weighted by Gasteiger charge is -2.23. The monoisotopic (exact) mass is 535 g/mol. The Kier molecular flexibility index (Phi) is 14.0. The van der Waals surface area contributed by atoms with Crippen LogP contribution in [0, 0.1) is 17.8 Å². The van der Waals surface area contributed by atoms with Gasteiger partial charge in [-0.2, -0.15) is 0 Å². The third kappa shape index (κ3) is 12.5. The number of esters is 4. The largest absolute Gasteiger partial charge is 0.459 e. The molecule has 0 aliphatic heterocycles. The van der Waals surface area contributed by atoms with E-state index in [-0.39, 0.29) is 42.6 Å². The van der Waals surface area contributed by atoms with Gasteiger partial charge in [0.05, 0.1) is 5.92 Å². The molecule has 0 fully saturated rings. The molecule has 9 nitrogen and oxygen atoms in total. The number of hydrogen-bond acceptors (Lipinski definition) is 9. The van der Waals surface area contributed by atoms with Crippen LogP contribution in [0.1, 0.15) is 86.6 Å². The zero-order valence-corrected chi connectivity index (χ0v) is 24.1. The molecule has 9 heteroatoms. The van der Waals surface area contributed by atoms with Gasteiger partial charge in [-0.25, -0.2) is 0 Å². The quantitative estimate of drug-likeness (QED) is 0.249. The highest BCUT2D eigenvalue weighted by Crippen LogP contribution is 2.30. The molecule has 0 heterocycles. The Bertz CT molecular complexity index is 941. The Hall–Kier alpha value is -2.94. The van der Waals surface area contributed by atoms with Crippen LogP contribution in [0.25, 0.3) is 0 Å². The number of ether oxygens (including phenoxy) is 4. The van der Waals surface area contributed by atoms with Crippen LogP contribution in [0.4, 0.5) is 0 Å². The summed E-state index contributed by atoms with van der Waals surface area (Å²) in [5.41, 5.74) is 6.68. The van der Waals surface area contributed by atoms with E-state index in [4.69, 9.17) is 24.7 Å². The van der Waals surface area contributed by atoms with E-state index in [9.17, 15) is 19.2 Å². The summed E-state index contributed by atoms with van der Waals surface area (Å²) in [7, 11) is 0. The van der Waals surface area contributed by atoms with Crippen molar-refractivity contribution in [1.29, 1.82) is 0 Å². The van der Waals surface area contributed by atoms with E-state index >= 15 is 0 Å². The van der Waals surface area contributed by atoms with Gasteiger partial charge in [-0.3, -0.25) is 19.2 Å². The van der Waals surface area contributed by atoms with Crippen molar-refractivity contribution in [3.05, 3.63) is 23.8 Å². The standard InChI is InChI=1S/C29H45NO8/c1-17(2)9-13-26(31)37-24-12-11-22(16-25(24)38-27(32)14-10-18(3)4)15-23(30)29(34)36-21(8)20(7)35-28(33)19(5)6/h11-12,16-21,23H,9-10,13-15,30H2,1-8H3/t20-,21-,23-/m0/s1. The number of carbonyl (C=O) groups excluding carboxylic acids is 4. The predicted molar refractivity (Wildman–Crippen MR) is 143 cm³/mol. The molecule has 0 aromatic heterocycles. The van der Waals surface area contributed by atoms with E-state index in [1.165, 1.54) is 6.07 Å². The molecule has 214 valence electrons. The van der Waals surface area contributed by atoms with Gasteiger partial charge in [-0.05, 0) is 62.6 Å². The molecular formula is C29H45NO8. The zero-order chi connectivity index (χ0) is 29.0. The van der Waals surface area contributed by atoms with Crippen LogP contribution in [0.15, 0.2) is 18.2 Å². The van der Waals surface area contributed by atoms with Gasteiger partial charge in [-0.15, -0.1) is 0 Å². The molecule has 0 amide bonds. The van der Waals surface area contributed by atoms with Crippen LogP contribution in [-0.2, 0) is 35.1 Å². The lowest BCUT2D eigenvalue weighted by atomic mass is 10.1. The highest BCUT2D eigenvalue weighted by atomic mass is 16.6. The molecular weight excluding hydrogens is 490 g/mol. The van der Waals surface area contributed by atoms with Gasteiger partial charge in [0, 0.05) is 12.8 Å². The minimum atomic E-state index is -1.02. The van der Waals surface area contributed by atoms with Gasteiger partial charge < -0.3 is 24.7 Å². The van der Waals surface area contributed by atoms with E-state index in [1.807, 2.05) is 27.7 Å². The summed E-state index contributed by atoms with van der Waals surface area (Å²) < 4.78 is 21.7. The SMILES string of the molecule is CC(C)CCC(=O)Oc1ccc(C[C@H](N)C(=O)O[C@@H](C)[C@H](C)OC(=O)C(C)C)cc1OC(=O)CCC(C)C. The van der Waals surface area contributed by atoms with Gasteiger partial charge >= 0.3 is 23.9 Å². The first-order valence-corrected chi connectivity index (χ1v) is 13.4. The maximum atomic E-state index is 12.6. The van der Waals surface area contributed by atoms with E-state index in [0.29, 0.717) is 30.2 Å². The van der Waals surface area contributed by atoms with Crippen molar-refractivity contribution in [2.24, 2.45) is 23.5 Å². The van der Waals surface area contributed by atoms with E-state index in [0.717, 1.165) is 0 Å². The highest BCUT2D eigenvalue weighted by Gasteiger charge is 2.25. The Morgan fingerprint density at radius 3 is 1.66 bits per heavy atom. The molecule has 1 aromatic carbocycles. The summed E-state index contributed by atoms with van der Waals surface area (Å²) in [5, 5.41) is 0. The lowest BCUT2D eigenvalue weighted by Crippen LogP contribution is -2.39. The fourth-order valence-corrected chi connectivity index (χ4v) is 3.12. The lowest BCUT2D eigenvalue weighted by molar-refractivity contribution is -0.168. The first-order chi connectivity index (χ1) is 17.7. The van der Waals surface area contributed by atoms with Gasteiger partial charge in [0.15, 0.2) is 11.5 Å². The number of benzene rings is 1. The van der Waals surface area contributed by atoms with Gasteiger partial charge in [-0.1, -0.05) is 47.6 Å². The van der Waals surface area contributed by atoms with Gasteiger partial charge in [0.2, 0.25) is 0 Å². The Morgan fingerprint density at radius 1 is 0.711 bits per heavy atom. The van der Waals surface area contributed by atoms with Crippen LogP contribution < -0.4 is 15.2 Å². The Labute approximate surface area is 226 Å². The van der Waals surface area contributed by atoms with Crippen LogP contribution in [0.5, 0.6) is 11.5 Å². The molecule has 1 rings (SSSR count). The molecule has 0 radical (unpaired) electrons. The normalized spacial score (nSPS) is 13.7. The van der Waals surface area contributed by atoms with Gasteiger partial charge in [0.25, 0.3) is 0 Å². The maximum Gasteiger partial charge on any atom is 0.323 e. The van der Waals surface area contributed by atoms with Crippen LogP contribution >= 0.6 is 0 Å². The second-order valence-electron chi connectivity index (χ2n) is 10.8. The van der Waals surface area contributed by atoms with Gasteiger partial charge in [0.1, 0.15) is 18.2 Å². The summed E-state index contributed by atoms with van der Waals surface area (Å²) >= 11 is 0. The molecule has 1 aromatic rings. The van der Waals surface area contributed by atoms with Crippen molar-refractivity contribution in [1.82, 2.24) is 0 Å². The van der Waals surface area contributed by atoms with Crippen LogP contribution in [0.3, 0.4) is 0 Å². The number of nitrogens with two attached hydrogens (primary N) is 1. The second-order valence-corrected chi connectivity index (χ2v) is 10.8. The molecule has 0 bridgehead atoms. The topological polar surface area (TPSA) is 131 Å². The smallest absolute Gasteiger partial charge is 0.323 e. The minimum Gasteiger partial charge on any atom is -0.459 e. The third-order valence-corrected chi connectivity index (χ3v) is 5.80. The summed E-state index contributed by atoms with van der Waals surface area (Å²) in [6, 6.07) is 3.71. The van der Waals surface area contributed by atoms with Crippen molar-refractivity contribution < 1.29 is 38.1 Å². The summed E-state index contributed by atoms with van der Waals surface area (Å²) in [6.45, 7) is 14.7. The summed E-state index contributed by atoms with van der Waals surface area (Å²) in [6.07, 6.45) is 0.534. The second kappa shape index (κ2) is 16.1. The number of rotatable bonds is 15. The van der Waals surface area contributed by atoms with Crippen molar-refractivity contribution in [2.45, 2.75) is 106 Å². The number of hydrogen-bond donors (Lipinski definition) is 1. The molecule has 38 heavy (non-hydrogen) atoms. The highest BCUT2D eigenvalue weighted by molar-refractivity contribution is 5.77. The zero-order valence-electron chi connectivity index (χ0n) is 24.1. The maximum absolute atomic E-state index is 12.6. The molecule has 0 aliphatic carbocycles. The molecule has 0 saturated heterocycles. The molecule has 0 unspecified atom stereocenters. The van der Waals surface area contributed by atoms with Crippen LogP contribution in [0.2, 0.25) is 0 Å². The predicted octanol–water partition coefficient (Wildman–Crippen LogP) is 4.76. The van der Waals surface area contributed by atoms with E-state index in [1.54, 1.807) is 39.8 Å². The average molecular weight is 536 g/mol. The molecule has 3 atom stereocenters. The van der Waals surface area contributed by atoms with E-state index < -0.39 is 36.2 Å². The van der Waals surface area contributed by atoms with Crippen molar-refractivity contribution in [3.8, 4) is 11.5 Å². The molecule has 0 spiro atoms. The summed E-state index contributed by atoms with van der Waals surface area (Å²) in [4.78, 5) is 49.1. The van der Waals surface area contributed by atoms with E-state index in [2.05, 4.69) is 0 Å². The first-order valence-electron chi connectivity index (χ1n) is 13.4. The Morgan fingerprint density at radius 2 is 1.18 bits per heavy atom.